The molecule has 42 heavy (non-hydrogen) atoms. The summed E-state index contributed by atoms with van der Waals surface area (Å²) in [6, 6.07) is 25.6. The zero-order valence-corrected chi connectivity index (χ0v) is 24.1. The van der Waals surface area contributed by atoms with Gasteiger partial charge in [0.15, 0.2) is 0 Å². The van der Waals surface area contributed by atoms with Crippen molar-refractivity contribution in [2.45, 2.75) is 31.2 Å². The third-order valence-corrected chi connectivity index (χ3v) is 7.24. The van der Waals surface area contributed by atoms with Gasteiger partial charge in [0.2, 0.25) is 0 Å². The summed E-state index contributed by atoms with van der Waals surface area (Å²) in [5.41, 5.74) is 3.31. The van der Waals surface area contributed by atoms with E-state index in [0.29, 0.717) is 30.1 Å². The standard InChI is InChI=1S/C29H26F3N7O.2ClH/c1-40-25-13-12-23(39-28(29(30,31)32)34-35-36-39)16-22(25)17-37-18-24(38-15-14-33-26(38)19-37)27(20-8-4-2-5-9-20)21-10-6-3-7-11-21;;/h2-16,24,27H,17-19H2,1H3;2*1H. The molecule has 0 spiro atoms. The summed E-state index contributed by atoms with van der Waals surface area (Å²) in [7, 11) is 1.54. The van der Waals surface area contributed by atoms with E-state index < -0.39 is 12.0 Å². The number of ether oxygens (including phenoxy) is 1. The molecule has 0 bridgehead atoms. The lowest BCUT2D eigenvalue weighted by atomic mass is 9.84. The van der Waals surface area contributed by atoms with Crippen LogP contribution >= 0.6 is 24.8 Å². The molecule has 0 saturated heterocycles. The van der Waals surface area contributed by atoms with Crippen molar-refractivity contribution in [3.8, 4) is 11.4 Å². The third-order valence-electron chi connectivity index (χ3n) is 7.24. The largest absolute Gasteiger partial charge is 0.496 e. The number of hydrogen-bond acceptors (Lipinski definition) is 6. The number of rotatable bonds is 7. The Morgan fingerprint density at radius 3 is 2.24 bits per heavy atom. The molecule has 1 unspecified atom stereocenters. The summed E-state index contributed by atoms with van der Waals surface area (Å²) < 4.78 is 49.0. The number of nitrogens with zero attached hydrogens (tertiary/aromatic N) is 7. The van der Waals surface area contributed by atoms with E-state index in [1.54, 1.807) is 19.2 Å². The van der Waals surface area contributed by atoms with Crippen LogP contribution in [-0.4, -0.2) is 48.3 Å². The fraction of sp³-hybridized carbons (Fsp3) is 0.241. The molecule has 1 aliphatic rings. The van der Waals surface area contributed by atoms with Gasteiger partial charge < -0.3 is 9.30 Å². The normalized spacial score (nSPS) is 15.0. The Morgan fingerprint density at radius 2 is 1.62 bits per heavy atom. The van der Waals surface area contributed by atoms with Gasteiger partial charge in [-0.05, 0) is 39.8 Å². The van der Waals surface area contributed by atoms with Crippen LogP contribution in [-0.2, 0) is 19.3 Å². The third kappa shape index (κ3) is 6.13. The molecule has 5 aromatic rings. The van der Waals surface area contributed by atoms with E-state index in [1.165, 1.54) is 17.2 Å². The Balaban J connectivity index is 0.00000202. The summed E-state index contributed by atoms with van der Waals surface area (Å²) >= 11 is 0. The minimum absolute atomic E-state index is 0. The van der Waals surface area contributed by atoms with Gasteiger partial charge in [0.05, 0.1) is 25.4 Å². The van der Waals surface area contributed by atoms with Gasteiger partial charge in [-0.25, -0.2) is 4.98 Å². The quantitative estimate of drug-likeness (QED) is 0.219. The lowest BCUT2D eigenvalue weighted by molar-refractivity contribution is -0.146. The maximum absolute atomic E-state index is 13.5. The number of halogens is 5. The van der Waals surface area contributed by atoms with Crippen LogP contribution in [0.1, 0.15) is 40.3 Å². The lowest BCUT2D eigenvalue weighted by Gasteiger charge is -2.39. The van der Waals surface area contributed by atoms with Gasteiger partial charge >= 0.3 is 6.18 Å². The molecular formula is C29H28Cl2F3N7O. The highest BCUT2D eigenvalue weighted by Crippen LogP contribution is 2.39. The molecule has 0 amide bonds. The minimum Gasteiger partial charge on any atom is -0.496 e. The first kappa shape index (κ1) is 31.0. The van der Waals surface area contributed by atoms with Crippen LogP contribution in [0.25, 0.3) is 5.69 Å². The fourth-order valence-electron chi connectivity index (χ4n) is 5.53. The lowest BCUT2D eigenvalue weighted by Crippen LogP contribution is -2.39. The van der Waals surface area contributed by atoms with Gasteiger partial charge in [-0.15, -0.1) is 29.9 Å². The molecule has 0 aliphatic carbocycles. The smallest absolute Gasteiger partial charge is 0.453 e. The summed E-state index contributed by atoms with van der Waals surface area (Å²) in [6.45, 7) is 1.69. The molecule has 0 N–H and O–H groups in total. The van der Waals surface area contributed by atoms with Gasteiger partial charge in [0.1, 0.15) is 11.6 Å². The van der Waals surface area contributed by atoms with E-state index in [0.717, 1.165) is 11.4 Å². The van der Waals surface area contributed by atoms with E-state index >= 15 is 0 Å². The number of fused-ring (bicyclic) bond motifs is 1. The molecule has 1 aliphatic heterocycles. The predicted octanol–water partition coefficient (Wildman–Crippen LogP) is 6.12. The Morgan fingerprint density at radius 1 is 0.952 bits per heavy atom. The van der Waals surface area contributed by atoms with Gasteiger partial charge in [0.25, 0.3) is 5.82 Å². The van der Waals surface area contributed by atoms with E-state index in [-0.39, 0.29) is 42.5 Å². The zero-order valence-electron chi connectivity index (χ0n) is 22.4. The molecule has 1 atom stereocenters. The summed E-state index contributed by atoms with van der Waals surface area (Å²) in [5.74, 6) is 0.362. The number of aromatic nitrogens is 6. The molecule has 8 nitrogen and oxygen atoms in total. The van der Waals surface area contributed by atoms with Crippen molar-refractivity contribution in [2.75, 3.05) is 13.7 Å². The Labute approximate surface area is 253 Å². The maximum atomic E-state index is 13.5. The monoisotopic (exact) mass is 617 g/mol. The van der Waals surface area contributed by atoms with Crippen molar-refractivity contribution < 1.29 is 17.9 Å². The molecule has 0 fully saturated rings. The number of imidazole rings is 1. The number of methoxy groups -OCH3 is 1. The first-order valence-corrected chi connectivity index (χ1v) is 12.8. The molecule has 3 aromatic carbocycles. The molecule has 220 valence electrons. The van der Waals surface area contributed by atoms with Crippen LogP contribution in [0, 0.1) is 0 Å². The topological polar surface area (TPSA) is 73.9 Å². The summed E-state index contributed by atoms with van der Waals surface area (Å²) in [6.07, 6.45) is -0.852. The van der Waals surface area contributed by atoms with Crippen LogP contribution in [0.3, 0.4) is 0 Å². The van der Waals surface area contributed by atoms with Crippen LogP contribution in [0.4, 0.5) is 13.2 Å². The zero-order chi connectivity index (χ0) is 27.7. The van der Waals surface area contributed by atoms with Crippen molar-refractivity contribution in [1.82, 2.24) is 34.7 Å². The van der Waals surface area contributed by atoms with Crippen molar-refractivity contribution in [3.05, 3.63) is 120 Å². The van der Waals surface area contributed by atoms with Crippen LogP contribution in [0.15, 0.2) is 91.3 Å². The molecule has 0 saturated carbocycles. The highest BCUT2D eigenvalue weighted by Gasteiger charge is 2.39. The van der Waals surface area contributed by atoms with Gasteiger partial charge in [-0.1, -0.05) is 60.7 Å². The van der Waals surface area contributed by atoms with Crippen LogP contribution in [0.5, 0.6) is 5.75 Å². The highest BCUT2D eigenvalue weighted by molar-refractivity contribution is 5.85. The first-order valence-electron chi connectivity index (χ1n) is 12.8. The average molecular weight is 618 g/mol. The molecule has 13 heteroatoms. The molecule has 0 radical (unpaired) electrons. The van der Waals surface area contributed by atoms with Crippen molar-refractivity contribution in [3.63, 3.8) is 0 Å². The second-order valence-corrected chi connectivity index (χ2v) is 9.69. The van der Waals surface area contributed by atoms with Crippen LogP contribution < -0.4 is 4.74 Å². The molecule has 6 rings (SSSR count). The number of tetrazole rings is 1. The molecule has 2 aromatic heterocycles. The van der Waals surface area contributed by atoms with Crippen molar-refractivity contribution in [1.29, 1.82) is 0 Å². The predicted molar refractivity (Wildman–Crippen MR) is 155 cm³/mol. The first-order chi connectivity index (χ1) is 19.4. The number of alkyl halides is 3. The minimum atomic E-state index is -4.69. The molecular weight excluding hydrogens is 590 g/mol. The molecule has 3 heterocycles. The number of hydrogen-bond donors (Lipinski definition) is 0. The Kier molecular flexibility index (Phi) is 9.55. The maximum Gasteiger partial charge on any atom is 0.453 e. The van der Waals surface area contributed by atoms with E-state index in [1.807, 2.05) is 48.8 Å². The average Bonchev–Trinajstić information content (AvgIpc) is 3.65. The second-order valence-electron chi connectivity index (χ2n) is 9.69. The summed E-state index contributed by atoms with van der Waals surface area (Å²) in [4.78, 5) is 6.89. The van der Waals surface area contributed by atoms with E-state index in [9.17, 15) is 13.2 Å². The van der Waals surface area contributed by atoms with E-state index in [2.05, 4.69) is 54.2 Å². The van der Waals surface area contributed by atoms with Gasteiger partial charge in [-0.3, -0.25) is 4.90 Å². The number of benzene rings is 3. The highest BCUT2D eigenvalue weighted by atomic mass is 35.5. The van der Waals surface area contributed by atoms with Gasteiger partial charge in [-0.2, -0.15) is 17.9 Å². The van der Waals surface area contributed by atoms with Crippen molar-refractivity contribution >= 4 is 24.8 Å². The van der Waals surface area contributed by atoms with Gasteiger partial charge in [0, 0.05) is 37.0 Å². The summed E-state index contributed by atoms with van der Waals surface area (Å²) in [5, 5.41) is 10.0. The second kappa shape index (κ2) is 12.9. The Bertz CT molecular complexity index is 1560. The Hall–Kier alpha value is -3.93. The van der Waals surface area contributed by atoms with Crippen molar-refractivity contribution in [2.24, 2.45) is 0 Å². The van der Waals surface area contributed by atoms with E-state index in [4.69, 9.17) is 4.74 Å². The fourth-order valence-corrected chi connectivity index (χ4v) is 5.53. The SMILES string of the molecule is COc1ccc(-n2nnnc2C(F)(F)F)cc1CN1Cc2nccn2C(C(c2ccccc2)c2ccccc2)C1.Cl.Cl. The van der Waals surface area contributed by atoms with Crippen LogP contribution in [0.2, 0.25) is 0 Å².